The highest BCUT2D eigenvalue weighted by molar-refractivity contribution is 4.73. The van der Waals surface area contributed by atoms with Crippen LogP contribution in [0.5, 0.6) is 0 Å². The molecule has 4 nitrogen and oxygen atoms in total. The van der Waals surface area contributed by atoms with E-state index in [4.69, 9.17) is 18.9 Å². The number of rotatable bonds is 22. The van der Waals surface area contributed by atoms with E-state index in [-0.39, 0.29) is 6.29 Å². The third-order valence-corrected chi connectivity index (χ3v) is 4.41. The van der Waals surface area contributed by atoms with Crippen molar-refractivity contribution in [2.75, 3.05) is 26.6 Å². The van der Waals surface area contributed by atoms with E-state index in [1.54, 1.807) is 6.26 Å². The molecule has 0 atom stereocenters. The highest BCUT2D eigenvalue weighted by Gasteiger charge is 2.08. The molecule has 0 spiro atoms. The molecule has 0 rings (SSSR count). The molecular weight excluding hydrogens is 340 g/mol. The van der Waals surface area contributed by atoms with Gasteiger partial charge in [0.25, 0.3) is 0 Å². The molecule has 0 saturated heterocycles. The van der Waals surface area contributed by atoms with Gasteiger partial charge in [0.15, 0.2) is 13.1 Å². The molecular formula is C23H46O4. The highest BCUT2D eigenvalue weighted by Crippen LogP contribution is 2.09. The molecule has 0 bridgehead atoms. The Kier molecular flexibility index (Phi) is 23.0. The van der Waals surface area contributed by atoms with Crippen LogP contribution in [-0.4, -0.2) is 32.9 Å². The maximum atomic E-state index is 5.90. The van der Waals surface area contributed by atoms with Gasteiger partial charge in [-0.3, -0.25) is 0 Å². The number of hydrogen-bond donors (Lipinski definition) is 0. The standard InChI is InChI=1S/C23H46O4/c1-4-7-10-11-15-18-24-22-25-19-16-12-17-23(26-20-13-8-5-2)27-21-14-9-6-3/h16,19,23H,4-15,17-18,20-22H2,1-3H3. The molecule has 0 aliphatic rings. The minimum Gasteiger partial charge on any atom is -0.475 e. The van der Waals surface area contributed by atoms with Crippen molar-refractivity contribution in [2.45, 2.75) is 111 Å². The fourth-order valence-electron chi connectivity index (χ4n) is 2.67. The average molecular weight is 387 g/mol. The van der Waals surface area contributed by atoms with E-state index in [1.807, 2.05) is 6.08 Å². The average Bonchev–Trinajstić information content (AvgIpc) is 2.68. The molecule has 27 heavy (non-hydrogen) atoms. The summed E-state index contributed by atoms with van der Waals surface area (Å²) in [6.45, 7) is 9.36. The van der Waals surface area contributed by atoms with Gasteiger partial charge in [0.05, 0.1) is 12.9 Å². The first-order valence-electron chi connectivity index (χ1n) is 11.4. The number of allylic oxidation sites excluding steroid dienone is 1. The predicted molar refractivity (Wildman–Crippen MR) is 114 cm³/mol. The van der Waals surface area contributed by atoms with E-state index < -0.39 is 0 Å². The molecule has 0 aromatic rings. The zero-order chi connectivity index (χ0) is 19.8. The van der Waals surface area contributed by atoms with Crippen LogP contribution in [0.1, 0.15) is 104 Å². The van der Waals surface area contributed by atoms with Gasteiger partial charge < -0.3 is 18.9 Å². The Morgan fingerprint density at radius 2 is 1.22 bits per heavy atom. The first kappa shape index (κ1) is 26.4. The van der Waals surface area contributed by atoms with E-state index in [0.29, 0.717) is 6.79 Å². The van der Waals surface area contributed by atoms with E-state index in [9.17, 15) is 0 Å². The van der Waals surface area contributed by atoms with Crippen LogP contribution in [0, 0.1) is 0 Å². The van der Waals surface area contributed by atoms with Gasteiger partial charge in [-0.25, -0.2) is 0 Å². The lowest BCUT2D eigenvalue weighted by atomic mass is 10.2. The van der Waals surface area contributed by atoms with E-state index in [1.165, 1.54) is 51.4 Å². The van der Waals surface area contributed by atoms with Gasteiger partial charge in [-0.2, -0.15) is 0 Å². The summed E-state index contributed by atoms with van der Waals surface area (Å²) in [6, 6.07) is 0. The number of unbranched alkanes of at least 4 members (excludes halogenated alkanes) is 8. The topological polar surface area (TPSA) is 36.9 Å². The van der Waals surface area contributed by atoms with Crippen molar-refractivity contribution in [1.29, 1.82) is 0 Å². The van der Waals surface area contributed by atoms with Gasteiger partial charge in [0.1, 0.15) is 0 Å². The van der Waals surface area contributed by atoms with Crippen LogP contribution in [0.2, 0.25) is 0 Å². The lowest BCUT2D eigenvalue weighted by Gasteiger charge is -2.18. The molecule has 162 valence electrons. The Morgan fingerprint density at radius 3 is 1.85 bits per heavy atom. The Balaban J connectivity index is 3.67. The summed E-state index contributed by atoms with van der Waals surface area (Å²) < 4.78 is 22.7. The first-order chi connectivity index (χ1) is 13.3. The minimum atomic E-state index is -0.0947. The monoisotopic (exact) mass is 386 g/mol. The van der Waals surface area contributed by atoms with Crippen LogP contribution < -0.4 is 0 Å². The lowest BCUT2D eigenvalue weighted by Crippen LogP contribution is -2.18. The van der Waals surface area contributed by atoms with E-state index in [2.05, 4.69) is 20.8 Å². The largest absolute Gasteiger partial charge is 0.475 e. The van der Waals surface area contributed by atoms with E-state index >= 15 is 0 Å². The third kappa shape index (κ3) is 21.6. The zero-order valence-corrected chi connectivity index (χ0v) is 18.4. The maximum Gasteiger partial charge on any atom is 0.188 e. The Labute approximate surface area is 169 Å². The van der Waals surface area contributed by atoms with Crippen molar-refractivity contribution in [2.24, 2.45) is 0 Å². The van der Waals surface area contributed by atoms with Crippen LogP contribution in [0.15, 0.2) is 12.3 Å². The number of hydrogen-bond acceptors (Lipinski definition) is 4. The first-order valence-corrected chi connectivity index (χ1v) is 11.4. The lowest BCUT2D eigenvalue weighted by molar-refractivity contribution is -0.146. The van der Waals surface area contributed by atoms with Gasteiger partial charge in [-0.05, 0) is 31.8 Å². The second-order valence-electron chi connectivity index (χ2n) is 7.14. The van der Waals surface area contributed by atoms with Crippen LogP contribution in [0.3, 0.4) is 0 Å². The molecule has 0 heterocycles. The molecule has 0 unspecified atom stereocenters. The number of ether oxygens (including phenoxy) is 4. The summed E-state index contributed by atoms with van der Waals surface area (Å²) in [5.41, 5.74) is 0. The molecule has 0 saturated carbocycles. The fourth-order valence-corrected chi connectivity index (χ4v) is 2.67. The Hall–Kier alpha value is -0.580. The normalized spacial score (nSPS) is 11.7. The highest BCUT2D eigenvalue weighted by atomic mass is 16.7. The third-order valence-electron chi connectivity index (χ3n) is 4.41. The van der Waals surface area contributed by atoms with Gasteiger partial charge >= 0.3 is 0 Å². The van der Waals surface area contributed by atoms with Crippen LogP contribution in [0.4, 0.5) is 0 Å². The second-order valence-corrected chi connectivity index (χ2v) is 7.14. The summed E-state index contributed by atoms with van der Waals surface area (Å²) >= 11 is 0. The molecule has 0 aliphatic heterocycles. The summed E-state index contributed by atoms with van der Waals surface area (Å²) in [4.78, 5) is 0. The zero-order valence-electron chi connectivity index (χ0n) is 18.4. The molecule has 0 aromatic carbocycles. The van der Waals surface area contributed by atoms with Crippen molar-refractivity contribution in [3.63, 3.8) is 0 Å². The second kappa shape index (κ2) is 23.5. The van der Waals surface area contributed by atoms with E-state index in [0.717, 1.165) is 51.9 Å². The van der Waals surface area contributed by atoms with Crippen LogP contribution in [0.25, 0.3) is 0 Å². The summed E-state index contributed by atoms with van der Waals surface area (Å²) in [6.07, 6.45) is 18.8. The molecule has 0 N–H and O–H groups in total. The smallest absolute Gasteiger partial charge is 0.188 e. The minimum absolute atomic E-state index is 0.0947. The van der Waals surface area contributed by atoms with Gasteiger partial charge in [0.2, 0.25) is 0 Å². The molecule has 0 radical (unpaired) electrons. The Morgan fingerprint density at radius 1 is 0.667 bits per heavy atom. The molecule has 4 heteroatoms. The van der Waals surface area contributed by atoms with Crippen molar-refractivity contribution < 1.29 is 18.9 Å². The summed E-state index contributed by atoms with van der Waals surface area (Å²) in [7, 11) is 0. The van der Waals surface area contributed by atoms with Gasteiger partial charge in [0, 0.05) is 19.6 Å². The molecule has 0 aliphatic carbocycles. The van der Waals surface area contributed by atoms with Crippen molar-refractivity contribution in [1.82, 2.24) is 0 Å². The van der Waals surface area contributed by atoms with Crippen LogP contribution >= 0.6 is 0 Å². The summed E-state index contributed by atoms with van der Waals surface area (Å²) in [5, 5.41) is 0. The molecule has 0 amide bonds. The van der Waals surface area contributed by atoms with Gasteiger partial charge in [-0.15, -0.1) is 0 Å². The fraction of sp³-hybridized carbons (Fsp3) is 0.913. The Bertz CT molecular complexity index is 282. The SMILES string of the molecule is CCCCCCCOCOC=CCCC(OCCCCC)OCCCCC. The molecule has 0 aromatic heterocycles. The van der Waals surface area contributed by atoms with Crippen molar-refractivity contribution in [3.05, 3.63) is 12.3 Å². The quantitative estimate of drug-likeness (QED) is 0.114. The van der Waals surface area contributed by atoms with Crippen molar-refractivity contribution >= 4 is 0 Å². The van der Waals surface area contributed by atoms with Gasteiger partial charge in [-0.1, -0.05) is 72.1 Å². The molecule has 0 fully saturated rings. The van der Waals surface area contributed by atoms with Crippen LogP contribution in [-0.2, 0) is 18.9 Å². The maximum absolute atomic E-state index is 5.90. The predicted octanol–water partition coefficient (Wildman–Crippen LogP) is 6.98. The summed E-state index contributed by atoms with van der Waals surface area (Å²) in [5.74, 6) is 0. The van der Waals surface area contributed by atoms with Crippen molar-refractivity contribution in [3.8, 4) is 0 Å².